The van der Waals surface area contributed by atoms with Crippen LogP contribution >= 0.6 is 0 Å². The monoisotopic (exact) mass is 334 g/mol. The Morgan fingerprint density at radius 1 is 1.39 bits per heavy atom. The van der Waals surface area contributed by atoms with Gasteiger partial charge in [0.15, 0.2) is 0 Å². The van der Waals surface area contributed by atoms with Gasteiger partial charge in [0.2, 0.25) is 15.0 Å². The molecule has 0 aliphatic rings. The first kappa shape index (κ1) is 16.6. The molecule has 0 saturated heterocycles. The molecule has 0 bridgehead atoms. The van der Waals surface area contributed by atoms with Gasteiger partial charge >= 0.3 is 0 Å². The Morgan fingerprint density at radius 2 is 2.09 bits per heavy atom. The number of nitrogens with one attached hydrogen (secondary N) is 1. The van der Waals surface area contributed by atoms with Crippen LogP contribution in [0.5, 0.6) is 0 Å². The Hall–Kier alpha value is -2.81. The van der Waals surface area contributed by atoms with Crippen LogP contribution in [0.1, 0.15) is 22.6 Å². The van der Waals surface area contributed by atoms with E-state index in [9.17, 15) is 18.5 Å². The maximum atomic E-state index is 12.5. The lowest BCUT2D eigenvalue weighted by Crippen LogP contribution is -2.10. The molecule has 8 nitrogen and oxygen atoms in total. The van der Waals surface area contributed by atoms with Crippen LogP contribution in [0.3, 0.4) is 0 Å². The number of nitro groups is 1. The molecule has 2 aromatic rings. The van der Waals surface area contributed by atoms with Crippen molar-refractivity contribution in [2.75, 3.05) is 0 Å². The van der Waals surface area contributed by atoms with E-state index in [1.807, 2.05) is 0 Å². The molecule has 0 aliphatic carbocycles. The maximum Gasteiger partial charge on any atom is 0.275 e. The van der Waals surface area contributed by atoms with Crippen molar-refractivity contribution in [1.82, 2.24) is 15.0 Å². The zero-order chi connectivity index (χ0) is 17.2. The van der Waals surface area contributed by atoms with Crippen LogP contribution in [-0.4, -0.2) is 28.3 Å². The molecule has 0 unspecified atom stereocenters. The van der Waals surface area contributed by atoms with Crippen molar-refractivity contribution in [2.24, 2.45) is 0 Å². The van der Waals surface area contributed by atoms with Crippen molar-refractivity contribution in [1.29, 1.82) is 0 Å². The average Bonchev–Trinajstić information content (AvgIpc) is 2.93. The van der Waals surface area contributed by atoms with Crippen molar-refractivity contribution in [3.63, 3.8) is 0 Å². The summed E-state index contributed by atoms with van der Waals surface area (Å²) in [7, 11) is -3.85. The summed E-state index contributed by atoms with van der Waals surface area (Å²) in [6.07, 6.45) is 4.05. The summed E-state index contributed by atoms with van der Waals surface area (Å²) in [6.45, 7) is 8.58. The molecule has 0 aliphatic heterocycles. The van der Waals surface area contributed by atoms with E-state index in [0.29, 0.717) is 11.4 Å². The number of H-pyrrole nitrogens is 1. The van der Waals surface area contributed by atoms with Gasteiger partial charge in [0.1, 0.15) is 5.75 Å². The Balaban J connectivity index is 2.45. The second kappa shape index (κ2) is 6.13. The van der Waals surface area contributed by atoms with Gasteiger partial charge in [0, 0.05) is 17.8 Å². The predicted molar refractivity (Wildman–Crippen MR) is 85.3 cm³/mol. The molecule has 0 atom stereocenters. The number of hydrogen-bond donors (Lipinski definition) is 1. The van der Waals surface area contributed by atoms with E-state index >= 15 is 0 Å². The minimum Gasteiger partial charge on any atom is -0.329 e. The van der Waals surface area contributed by atoms with Crippen LogP contribution < -0.4 is 0 Å². The summed E-state index contributed by atoms with van der Waals surface area (Å²) in [5, 5.41) is 10.7. The number of aromatic nitrogens is 3. The van der Waals surface area contributed by atoms with Gasteiger partial charge in [-0.15, -0.1) is 0 Å². The highest BCUT2D eigenvalue weighted by Gasteiger charge is 2.24. The fourth-order valence-electron chi connectivity index (χ4n) is 1.99. The van der Waals surface area contributed by atoms with Gasteiger partial charge < -0.3 is 4.98 Å². The molecule has 2 rings (SSSR count). The van der Waals surface area contributed by atoms with Gasteiger partial charge in [-0.05, 0) is 19.1 Å². The molecule has 120 valence electrons. The Morgan fingerprint density at radius 3 is 2.61 bits per heavy atom. The number of nitrogens with zero attached hydrogens (tertiary/aromatic N) is 3. The van der Waals surface area contributed by atoms with Gasteiger partial charge in [-0.25, -0.2) is 13.4 Å². The zero-order valence-corrected chi connectivity index (χ0v) is 13.1. The van der Waals surface area contributed by atoms with E-state index < -0.39 is 20.5 Å². The molecule has 9 heteroatoms. The van der Waals surface area contributed by atoms with Gasteiger partial charge in [-0.3, -0.25) is 15.1 Å². The van der Waals surface area contributed by atoms with E-state index in [1.165, 1.54) is 31.3 Å². The van der Waals surface area contributed by atoms with Crippen LogP contribution in [0.15, 0.2) is 30.6 Å². The first-order valence-corrected chi connectivity index (χ1v) is 8.12. The SMILES string of the molecule is C=Cc1nc(S(=O)(=O)Cc2nccc([N+](=O)[O-])c2C)[nH]c1C=C. The molecule has 1 N–H and O–H groups in total. The zero-order valence-electron chi connectivity index (χ0n) is 12.3. The minimum absolute atomic E-state index is 0.107. The number of pyridine rings is 1. The number of sulfone groups is 1. The van der Waals surface area contributed by atoms with Crippen molar-refractivity contribution in [2.45, 2.75) is 17.8 Å². The lowest BCUT2D eigenvalue weighted by molar-refractivity contribution is -0.385. The molecule has 0 saturated carbocycles. The van der Waals surface area contributed by atoms with Crippen molar-refractivity contribution < 1.29 is 13.3 Å². The largest absolute Gasteiger partial charge is 0.329 e. The number of rotatable bonds is 6. The molecule has 2 aromatic heterocycles. The van der Waals surface area contributed by atoms with Crippen molar-refractivity contribution in [3.05, 3.63) is 58.2 Å². The highest BCUT2D eigenvalue weighted by molar-refractivity contribution is 7.90. The molecule has 2 heterocycles. The summed E-state index contributed by atoms with van der Waals surface area (Å²) >= 11 is 0. The summed E-state index contributed by atoms with van der Waals surface area (Å²) in [4.78, 5) is 20.9. The molecule has 0 fully saturated rings. The minimum atomic E-state index is -3.85. The Kier molecular flexibility index (Phi) is 4.41. The Bertz CT molecular complexity index is 874. The van der Waals surface area contributed by atoms with E-state index in [4.69, 9.17) is 0 Å². The highest BCUT2D eigenvalue weighted by atomic mass is 32.2. The van der Waals surface area contributed by atoms with E-state index in [2.05, 4.69) is 28.1 Å². The van der Waals surface area contributed by atoms with Gasteiger partial charge in [0.25, 0.3) is 5.69 Å². The third-order valence-corrected chi connectivity index (χ3v) is 4.67. The maximum absolute atomic E-state index is 12.5. The second-order valence-electron chi connectivity index (χ2n) is 4.67. The normalized spacial score (nSPS) is 11.2. The molecule has 0 spiro atoms. The first-order chi connectivity index (χ1) is 10.8. The average molecular weight is 334 g/mol. The second-order valence-corrected chi connectivity index (χ2v) is 6.57. The van der Waals surface area contributed by atoms with Crippen LogP contribution in [0.2, 0.25) is 0 Å². The fourth-order valence-corrected chi connectivity index (χ4v) is 3.29. The topological polar surface area (TPSA) is 119 Å². The third kappa shape index (κ3) is 3.19. The lowest BCUT2D eigenvalue weighted by Gasteiger charge is -2.05. The van der Waals surface area contributed by atoms with Crippen LogP contribution in [0.25, 0.3) is 12.2 Å². The number of aromatic amines is 1. The number of hydrogen-bond acceptors (Lipinski definition) is 6. The molecular weight excluding hydrogens is 320 g/mol. The summed E-state index contributed by atoms with van der Waals surface area (Å²) in [5.41, 5.74) is 0.934. The van der Waals surface area contributed by atoms with Crippen LogP contribution in [0.4, 0.5) is 5.69 Å². The third-order valence-electron chi connectivity index (χ3n) is 3.23. The molecule has 0 amide bonds. The smallest absolute Gasteiger partial charge is 0.275 e. The molecule has 23 heavy (non-hydrogen) atoms. The van der Waals surface area contributed by atoms with E-state index in [1.54, 1.807) is 0 Å². The Labute approximate surface area is 132 Å². The van der Waals surface area contributed by atoms with E-state index in [-0.39, 0.29) is 22.1 Å². The van der Waals surface area contributed by atoms with Gasteiger partial charge in [-0.2, -0.15) is 0 Å². The van der Waals surface area contributed by atoms with Gasteiger partial charge in [0.05, 0.1) is 22.0 Å². The van der Waals surface area contributed by atoms with Crippen molar-refractivity contribution >= 4 is 27.7 Å². The lowest BCUT2D eigenvalue weighted by atomic mass is 10.2. The quantitative estimate of drug-likeness (QED) is 0.639. The molecule has 0 radical (unpaired) electrons. The summed E-state index contributed by atoms with van der Waals surface area (Å²) < 4.78 is 24.9. The van der Waals surface area contributed by atoms with Crippen LogP contribution in [0, 0.1) is 17.0 Å². The first-order valence-electron chi connectivity index (χ1n) is 6.46. The van der Waals surface area contributed by atoms with Crippen LogP contribution in [-0.2, 0) is 15.6 Å². The predicted octanol–water partition coefficient (Wildman–Crippen LogP) is 2.28. The van der Waals surface area contributed by atoms with Crippen molar-refractivity contribution in [3.8, 4) is 0 Å². The van der Waals surface area contributed by atoms with E-state index in [0.717, 1.165) is 0 Å². The standard InChI is InChI=1S/C14H14N4O4S/c1-4-10-11(5-2)17-14(16-10)23(21,22)8-12-9(3)13(18(19)20)6-7-15-12/h4-7H,1-2,8H2,3H3,(H,16,17). The highest BCUT2D eigenvalue weighted by Crippen LogP contribution is 2.23. The fraction of sp³-hybridized carbons (Fsp3) is 0.143. The molecular formula is C14H14N4O4S. The molecule has 0 aromatic carbocycles. The summed E-state index contributed by atoms with van der Waals surface area (Å²) in [5.74, 6) is -0.499. The summed E-state index contributed by atoms with van der Waals surface area (Å²) in [6, 6.07) is 1.23. The number of imidazole rings is 1. The van der Waals surface area contributed by atoms with Gasteiger partial charge in [-0.1, -0.05) is 13.2 Å².